The molecule has 0 saturated heterocycles. The molecule has 0 aromatic heterocycles. The third-order valence-corrected chi connectivity index (χ3v) is 3.93. The zero-order valence-corrected chi connectivity index (χ0v) is 13.3. The van der Waals surface area contributed by atoms with Crippen LogP contribution >= 0.6 is 11.6 Å². The second-order valence-electron chi connectivity index (χ2n) is 5.43. The highest BCUT2D eigenvalue weighted by Crippen LogP contribution is 2.31. The van der Waals surface area contributed by atoms with Gasteiger partial charge in [0.2, 0.25) is 5.91 Å². The highest BCUT2D eigenvalue weighted by molar-refractivity contribution is 6.30. The molecule has 6 heteroatoms. The molecule has 1 unspecified atom stereocenters. The van der Waals surface area contributed by atoms with Crippen LogP contribution < -0.4 is 15.5 Å². The first-order valence-electron chi connectivity index (χ1n) is 7.29. The highest BCUT2D eigenvalue weighted by atomic mass is 35.5. The van der Waals surface area contributed by atoms with E-state index in [-0.39, 0.29) is 24.4 Å². The van der Waals surface area contributed by atoms with Crippen LogP contribution in [0.3, 0.4) is 0 Å². The zero-order chi connectivity index (χ0) is 16.4. The monoisotopic (exact) mass is 329 g/mol. The molecular weight excluding hydrogens is 314 g/mol. The van der Waals surface area contributed by atoms with Gasteiger partial charge in [0.05, 0.1) is 11.4 Å². The van der Waals surface area contributed by atoms with Gasteiger partial charge in [0.1, 0.15) is 0 Å². The SMILES string of the molecule is CC1CC(=O)Nc2ccccc2N1C(=O)Nc1ccc(Cl)cc1. The summed E-state index contributed by atoms with van der Waals surface area (Å²) in [5.74, 6) is -0.105. The third kappa shape index (κ3) is 3.29. The molecule has 0 saturated carbocycles. The Morgan fingerprint density at radius 3 is 2.65 bits per heavy atom. The van der Waals surface area contributed by atoms with E-state index in [0.29, 0.717) is 22.1 Å². The molecule has 0 spiro atoms. The Bertz CT molecular complexity index is 746. The number of carbonyl (C=O) groups excluding carboxylic acids is 2. The normalized spacial score (nSPS) is 17.0. The molecule has 1 heterocycles. The van der Waals surface area contributed by atoms with Crippen molar-refractivity contribution >= 4 is 40.6 Å². The maximum absolute atomic E-state index is 12.7. The van der Waals surface area contributed by atoms with Crippen molar-refractivity contribution in [2.75, 3.05) is 15.5 Å². The molecule has 5 nitrogen and oxygen atoms in total. The number of hydrogen-bond donors (Lipinski definition) is 2. The molecule has 2 N–H and O–H groups in total. The number of amides is 3. The molecule has 1 aliphatic heterocycles. The van der Waals surface area contributed by atoms with Crippen LogP contribution in [0.25, 0.3) is 0 Å². The highest BCUT2D eigenvalue weighted by Gasteiger charge is 2.29. The third-order valence-electron chi connectivity index (χ3n) is 3.67. The number of para-hydroxylation sites is 2. The average Bonchev–Trinajstić information content (AvgIpc) is 2.63. The molecular formula is C17H16ClN3O2. The quantitative estimate of drug-likeness (QED) is 0.827. The molecule has 2 aromatic rings. The Hall–Kier alpha value is -2.53. The van der Waals surface area contributed by atoms with E-state index >= 15 is 0 Å². The fourth-order valence-electron chi connectivity index (χ4n) is 2.61. The van der Waals surface area contributed by atoms with Gasteiger partial charge < -0.3 is 10.6 Å². The number of rotatable bonds is 1. The van der Waals surface area contributed by atoms with Gasteiger partial charge in [-0.3, -0.25) is 9.69 Å². The Morgan fingerprint density at radius 1 is 1.22 bits per heavy atom. The number of urea groups is 1. The smallest absolute Gasteiger partial charge is 0.324 e. The lowest BCUT2D eigenvalue weighted by Gasteiger charge is -2.28. The van der Waals surface area contributed by atoms with Gasteiger partial charge in [0.25, 0.3) is 0 Å². The predicted molar refractivity (Wildman–Crippen MR) is 92.1 cm³/mol. The van der Waals surface area contributed by atoms with E-state index in [1.807, 2.05) is 25.1 Å². The molecule has 3 rings (SSSR count). The van der Waals surface area contributed by atoms with Gasteiger partial charge in [-0.15, -0.1) is 0 Å². The van der Waals surface area contributed by atoms with Gasteiger partial charge >= 0.3 is 6.03 Å². The fraction of sp³-hybridized carbons (Fsp3) is 0.176. The van der Waals surface area contributed by atoms with Crippen LogP contribution in [0.15, 0.2) is 48.5 Å². The summed E-state index contributed by atoms with van der Waals surface area (Å²) in [4.78, 5) is 26.3. The van der Waals surface area contributed by atoms with Gasteiger partial charge in [-0.25, -0.2) is 4.79 Å². The van der Waals surface area contributed by atoms with Crippen molar-refractivity contribution in [2.45, 2.75) is 19.4 Å². The maximum Gasteiger partial charge on any atom is 0.326 e. The average molecular weight is 330 g/mol. The lowest BCUT2D eigenvalue weighted by Crippen LogP contribution is -2.41. The summed E-state index contributed by atoms with van der Waals surface area (Å²) in [5.41, 5.74) is 1.96. The lowest BCUT2D eigenvalue weighted by molar-refractivity contribution is -0.116. The van der Waals surface area contributed by atoms with Gasteiger partial charge in [0.15, 0.2) is 0 Å². The van der Waals surface area contributed by atoms with Crippen molar-refractivity contribution in [1.82, 2.24) is 0 Å². The van der Waals surface area contributed by atoms with Crippen LogP contribution in [0.5, 0.6) is 0 Å². The first kappa shape index (κ1) is 15.4. The van der Waals surface area contributed by atoms with Crippen LogP contribution in [0.4, 0.5) is 21.9 Å². The molecule has 0 radical (unpaired) electrons. The van der Waals surface area contributed by atoms with Crippen LogP contribution in [0, 0.1) is 0 Å². The summed E-state index contributed by atoms with van der Waals surface area (Å²) in [6.45, 7) is 1.85. The van der Waals surface area contributed by atoms with Crippen molar-refractivity contribution in [3.63, 3.8) is 0 Å². The summed E-state index contributed by atoms with van der Waals surface area (Å²) in [6.07, 6.45) is 0.239. The van der Waals surface area contributed by atoms with E-state index < -0.39 is 0 Å². The summed E-state index contributed by atoms with van der Waals surface area (Å²) in [5, 5.41) is 6.28. The van der Waals surface area contributed by atoms with E-state index in [2.05, 4.69) is 10.6 Å². The predicted octanol–water partition coefficient (Wildman–Crippen LogP) is 4.11. The first-order valence-corrected chi connectivity index (χ1v) is 7.67. The van der Waals surface area contributed by atoms with Gasteiger partial charge in [0, 0.05) is 23.2 Å². The minimum absolute atomic E-state index is 0.105. The van der Waals surface area contributed by atoms with Crippen LogP contribution in [0.1, 0.15) is 13.3 Å². The van der Waals surface area contributed by atoms with Crippen molar-refractivity contribution < 1.29 is 9.59 Å². The Morgan fingerprint density at radius 2 is 1.91 bits per heavy atom. The fourth-order valence-corrected chi connectivity index (χ4v) is 2.74. The largest absolute Gasteiger partial charge is 0.326 e. The second kappa shape index (κ2) is 6.30. The Kier molecular flexibility index (Phi) is 4.21. The molecule has 23 heavy (non-hydrogen) atoms. The van der Waals surface area contributed by atoms with Gasteiger partial charge in [-0.05, 0) is 43.3 Å². The minimum atomic E-state index is -0.288. The Labute approximate surface area is 139 Å². The van der Waals surface area contributed by atoms with E-state index in [0.717, 1.165) is 0 Å². The number of halogens is 1. The van der Waals surface area contributed by atoms with Crippen LogP contribution in [-0.2, 0) is 4.79 Å². The van der Waals surface area contributed by atoms with Crippen molar-refractivity contribution in [3.8, 4) is 0 Å². The van der Waals surface area contributed by atoms with E-state index in [4.69, 9.17) is 11.6 Å². The topological polar surface area (TPSA) is 61.4 Å². The first-order chi connectivity index (χ1) is 11.0. The maximum atomic E-state index is 12.7. The number of anilines is 3. The van der Waals surface area contributed by atoms with Crippen molar-refractivity contribution in [1.29, 1.82) is 0 Å². The summed E-state index contributed by atoms with van der Waals surface area (Å²) >= 11 is 5.86. The molecule has 1 atom stereocenters. The number of carbonyl (C=O) groups is 2. The molecule has 0 aliphatic carbocycles. The Balaban J connectivity index is 1.91. The number of hydrogen-bond acceptors (Lipinski definition) is 2. The number of nitrogens with zero attached hydrogens (tertiary/aromatic N) is 1. The van der Waals surface area contributed by atoms with Gasteiger partial charge in [-0.2, -0.15) is 0 Å². The number of benzene rings is 2. The number of fused-ring (bicyclic) bond motifs is 1. The zero-order valence-electron chi connectivity index (χ0n) is 12.5. The summed E-state index contributed by atoms with van der Waals surface area (Å²) < 4.78 is 0. The minimum Gasteiger partial charge on any atom is -0.324 e. The molecule has 1 aliphatic rings. The molecule has 2 aromatic carbocycles. The van der Waals surface area contributed by atoms with Crippen LogP contribution in [0.2, 0.25) is 5.02 Å². The molecule has 118 valence electrons. The molecule has 0 bridgehead atoms. The van der Waals surface area contributed by atoms with E-state index in [1.54, 1.807) is 35.2 Å². The molecule has 0 fully saturated rings. The standard InChI is InChI=1S/C17H16ClN3O2/c1-11-10-16(22)20-14-4-2-3-5-15(14)21(11)17(23)19-13-8-6-12(18)7-9-13/h2-9,11H,10H2,1H3,(H,19,23)(H,20,22). The van der Waals surface area contributed by atoms with Crippen LogP contribution in [-0.4, -0.2) is 18.0 Å². The van der Waals surface area contributed by atoms with Crippen molar-refractivity contribution in [3.05, 3.63) is 53.6 Å². The van der Waals surface area contributed by atoms with Crippen molar-refractivity contribution in [2.24, 2.45) is 0 Å². The summed E-state index contributed by atoms with van der Waals surface area (Å²) in [6, 6.07) is 13.6. The molecule has 3 amide bonds. The second-order valence-corrected chi connectivity index (χ2v) is 5.86. The van der Waals surface area contributed by atoms with E-state index in [9.17, 15) is 9.59 Å². The van der Waals surface area contributed by atoms with Gasteiger partial charge in [-0.1, -0.05) is 23.7 Å². The van der Waals surface area contributed by atoms with E-state index in [1.165, 1.54) is 0 Å². The summed E-state index contributed by atoms with van der Waals surface area (Å²) in [7, 11) is 0. The number of nitrogens with one attached hydrogen (secondary N) is 2. The lowest BCUT2D eigenvalue weighted by atomic mass is 10.2.